The van der Waals surface area contributed by atoms with Crippen LogP contribution in [0.1, 0.15) is 19.3 Å². The smallest absolute Gasteiger partial charge is 0.00201 e. The molecule has 0 radical (unpaired) electrons. The highest BCUT2D eigenvalue weighted by Gasteiger charge is 2.28. The van der Waals surface area contributed by atoms with Gasteiger partial charge >= 0.3 is 0 Å². The van der Waals surface area contributed by atoms with E-state index in [1.165, 1.54) is 19.3 Å². The summed E-state index contributed by atoms with van der Waals surface area (Å²) in [7, 11) is 0. The number of rotatable bonds is 0. The van der Waals surface area contributed by atoms with Crippen LogP contribution in [0.15, 0.2) is 11.6 Å². The molecule has 0 saturated heterocycles. The lowest BCUT2D eigenvalue weighted by molar-refractivity contribution is 0.805. The minimum absolute atomic E-state index is 1.00. The largest absolute Gasteiger partial charge is 0.0775 e. The number of hydrogen-bond acceptors (Lipinski definition) is 0. The number of fused-ring (bicyclic) bond motifs is 1. The van der Waals surface area contributed by atoms with Crippen LogP contribution < -0.4 is 0 Å². The minimum Gasteiger partial charge on any atom is -0.0775 e. The molecule has 0 bridgehead atoms. The fourth-order valence-corrected chi connectivity index (χ4v) is 1.27. The molecule has 0 aromatic rings. The van der Waals surface area contributed by atoms with Crippen molar-refractivity contribution in [3.05, 3.63) is 11.6 Å². The summed E-state index contributed by atoms with van der Waals surface area (Å²) in [5, 5.41) is 0. The van der Waals surface area contributed by atoms with Crippen molar-refractivity contribution in [3.8, 4) is 0 Å². The van der Waals surface area contributed by atoms with Crippen LogP contribution in [0, 0.1) is 5.92 Å². The van der Waals surface area contributed by atoms with E-state index in [-0.39, 0.29) is 0 Å². The predicted octanol–water partition coefficient (Wildman–Crippen LogP) is 1.73. The van der Waals surface area contributed by atoms with Gasteiger partial charge in [-0.05, 0) is 25.2 Å². The zero-order chi connectivity index (χ0) is 3.98. The fourth-order valence-electron chi connectivity index (χ4n) is 1.27. The Kier molecular flexibility index (Phi) is 0.331. The third kappa shape index (κ3) is 0.204. The zero-order valence-electron chi connectivity index (χ0n) is 3.78. The Labute approximate surface area is 37.9 Å². The van der Waals surface area contributed by atoms with E-state index in [2.05, 4.69) is 6.08 Å². The van der Waals surface area contributed by atoms with Crippen LogP contribution in [0.4, 0.5) is 0 Å². The van der Waals surface area contributed by atoms with Crippen molar-refractivity contribution in [2.75, 3.05) is 0 Å². The maximum Gasteiger partial charge on any atom is -0.00201 e. The molecule has 0 nitrogen and oxygen atoms in total. The number of allylic oxidation sites excluding steroid dienone is 2. The summed E-state index contributed by atoms with van der Waals surface area (Å²) in [6, 6.07) is 0. The second-order valence-electron chi connectivity index (χ2n) is 2.24. The second kappa shape index (κ2) is 0.699. The first-order valence-electron chi connectivity index (χ1n) is 2.67. The van der Waals surface area contributed by atoms with Crippen molar-refractivity contribution in [2.24, 2.45) is 5.92 Å². The van der Waals surface area contributed by atoms with Crippen molar-refractivity contribution in [3.63, 3.8) is 0 Å². The molecule has 1 unspecified atom stereocenters. The minimum atomic E-state index is 1.00. The monoisotopic (exact) mass is 80.1 g/mol. The highest BCUT2D eigenvalue weighted by atomic mass is 14.3. The molecule has 0 amide bonds. The normalized spacial score (nSPS) is 38.7. The van der Waals surface area contributed by atoms with E-state index in [1.54, 1.807) is 5.57 Å². The summed E-state index contributed by atoms with van der Waals surface area (Å²) in [6.07, 6.45) is 6.75. The van der Waals surface area contributed by atoms with Gasteiger partial charge in [0.25, 0.3) is 0 Å². The maximum absolute atomic E-state index is 2.39. The Morgan fingerprint density at radius 2 is 2.67 bits per heavy atom. The first-order chi connectivity index (χ1) is 2.97. The van der Waals surface area contributed by atoms with Gasteiger partial charge in [0.2, 0.25) is 0 Å². The van der Waals surface area contributed by atoms with Gasteiger partial charge < -0.3 is 0 Å². The summed E-state index contributed by atoms with van der Waals surface area (Å²) >= 11 is 0. The van der Waals surface area contributed by atoms with Gasteiger partial charge in [0.05, 0.1) is 0 Å². The van der Waals surface area contributed by atoms with E-state index in [0.29, 0.717) is 0 Å². The molecule has 2 aliphatic carbocycles. The molecule has 32 valence electrons. The van der Waals surface area contributed by atoms with Gasteiger partial charge in [0, 0.05) is 0 Å². The molecule has 6 heavy (non-hydrogen) atoms. The van der Waals surface area contributed by atoms with E-state index >= 15 is 0 Å². The SMILES string of the molecule is C1=C2CCCC12. The van der Waals surface area contributed by atoms with Gasteiger partial charge in [-0.1, -0.05) is 11.6 Å². The molecule has 2 rings (SSSR count). The maximum atomic E-state index is 2.39. The second-order valence-corrected chi connectivity index (χ2v) is 2.24. The Balaban J connectivity index is 2.22. The summed E-state index contributed by atoms with van der Waals surface area (Å²) in [4.78, 5) is 0. The van der Waals surface area contributed by atoms with Gasteiger partial charge in [-0.25, -0.2) is 0 Å². The molecular weight excluding hydrogens is 72.1 g/mol. The Morgan fingerprint density at radius 1 is 1.67 bits per heavy atom. The van der Waals surface area contributed by atoms with E-state index in [1.807, 2.05) is 0 Å². The first kappa shape index (κ1) is 2.84. The topological polar surface area (TPSA) is 0 Å². The van der Waals surface area contributed by atoms with Crippen molar-refractivity contribution < 1.29 is 0 Å². The van der Waals surface area contributed by atoms with Crippen molar-refractivity contribution in [1.29, 1.82) is 0 Å². The van der Waals surface area contributed by atoms with Gasteiger partial charge in [0.1, 0.15) is 0 Å². The average Bonchev–Trinajstić information content (AvgIpc) is 2.17. The quantitative estimate of drug-likeness (QED) is 0.389. The van der Waals surface area contributed by atoms with E-state index in [9.17, 15) is 0 Å². The molecule has 0 heteroatoms. The van der Waals surface area contributed by atoms with Crippen LogP contribution in [-0.4, -0.2) is 0 Å². The van der Waals surface area contributed by atoms with Gasteiger partial charge in [-0.15, -0.1) is 0 Å². The van der Waals surface area contributed by atoms with Gasteiger partial charge in [0.15, 0.2) is 0 Å². The lowest BCUT2D eigenvalue weighted by Gasteiger charge is -1.77. The Bertz CT molecular complexity index is 101. The van der Waals surface area contributed by atoms with Crippen LogP contribution >= 0.6 is 0 Å². The molecule has 2 aliphatic rings. The summed E-state index contributed by atoms with van der Waals surface area (Å²) in [5.74, 6) is 1.00. The molecule has 1 atom stereocenters. The lowest BCUT2D eigenvalue weighted by atomic mass is 10.3. The Hall–Kier alpha value is -0.260. The van der Waals surface area contributed by atoms with Crippen molar-refractivity contribution in [1.82, 2.24) is 0 Å². The third-order valence-corrected chi connectivity index (χ3v) is 1.76. The molecule has 0 aromatic heterocycles. The predicted molar refractivity (Wildman–Crippen MR) is 25.4 cm³/mol. The van der Waals surface area contributed by atoms with Crippen LogP contribution in [0.3, 0.4) is 0 Å². The number of hydrogen-bond donors (Lipinski definition) is 0. The van der Waals surface area contributed by atoms with E-state index < -0.39 is 0 Å². The highest BCUT2D eigenvalue weighted by Crippen LogP contribution is 2.43. The average molecular weight is 80.1 g/mol. The van der Waals surface area contributed by atoms with Crippen LogP contribution in [-0.2, 0) is 0 Å². The van der Waals surface area contributed by atoms with Gasteiger partial charge in [-0.3, -0.25) is 0 Å². The molecule has 1 saturated carbocycles. The lowest BCUT2D eigenvalue weighted by Crippen LogP contribution is -1.63. The summed E-state index contributed by atoms with van der Waals surface area (Å²) in [5.41, 5.74) is 1.75. The standard InChI is InChI=1S/C6H8/c1-2-5-4-6(5)3-1/h4-5H,1-3H2. The van der Waals surface area contributed by atoms with Crippen LogP contribution in [0.2, 0.25) is 0 Å². The van der Waals surface area contributed by atoms with Crippen LogP contribution in [0.5, 0.6) is 0 Å². The Morgan fingerprint density at radius 3 is 2.83 bits per heavy atom. The van der Waals surface area contributed by atoms with Crippen LogP contribution in [0.25, 0.3) is 0 Å². The van der Waals surface area contributed by atoms with E-state index in [4.69, 9.17) is 0 Å². The molecule has 0 spiro atoms. The zero-order valence-corrected chi connectivity index (χ0v) is 3.78. The highest BCUT2D eigenvalue weighted by molar-refractivity contribution is 5.32. The van der Waals surface area contributed by atoms with E-state index in [0.717, 1.165) is 5.92 Å². The fraction of sp³-hybridized carbons (Fsp3) is 0.667. The third-order valence-electron chi connectivity index (χ3n) is 1.76. The molecule has 1 fully saturated rings. The molecule has 0 aromatic carbocycles. The summed E-state index contributed by atoms with van der Waals surface area (Å²) in [6.45, 7) is 0. The molecule has 0 N–H and O–H groups in total. The van der Waals surface area contributed by atoms with Crippen molar-refractivity contribution >= 4 is 0 Å². The molecule has 0 aliphatic heterocycles. The first-order valence-corrected chi connectivity index (χ1v) is 2.67. The molecular formula is C6H8. The summed E-state index contributed by atoms with van der Waals surface area (Å²) < 4.78 is 0. The molecule has 0 heterocycles. The van der Waals surface area contributed by atoms with Gasteiger partial charge in [-0.2, -0.15) is 0 Å². The van der Waals surface area contributed by atoms with Crippen molar-refractivity contribution in [2.45, 2.75) is 19.3 Å².